The van der Waals surface area contributed by atoms with Crippen molar-refractivity contribution in [1.29, 1.82) is 0 Å². The van der Waals surface area contributed by atoms with Crippen molar-refractivity contribution in [3.8, 4) is 16.9 Å². The molecule has 0 aromatic heterocycles. The number of methoxy groups -OCH3 is 1. The molecule has 6 heteroatoms. The second kappa shape index (κ2) is 8.58. The van der Waals surface area contributed by atoms with Gasteiger partial charge in [0, 0.05) is 17.6 Å². The van der Waals surface area contributed by atoms with Crippen LogP contribution in [0.15, 0.2) is 102 Å². The van der Waals surface area contributed by atoms with Gasteiger partial charge in [-0.15, -0.1) is 0 Å². The van der Waals surface area contributed by atoms with E-state index in [1.54, 1.807) is 37.5 Å². The number of aliphatic hydroxyl groups is 1. The normalized spacial score (nSPS) is 19.8. The monoisotopic (exact) mass is 442 g/mol. The van der Waals surface area contributed by atoms with E-state index in [0.29, 0.717) is 16.9 Å². The van der Waals surface area contributed by atoms with Crippen LogP contribution in [-0.4, -0.2) is 24.8 Å². The van der Waals surface area contributed by atoms with Crippen molar-refractivity contribution in [3.05, 3.63) is 113 Å². The van der Waals surface area contributed by atoms with Crippen molar-refractivity contribution >= 4 is 5.97 Å². The number of benzene rings is 3. The van der Waals surface area contributed by atoms with Gasteiger partial charge in [0.2, 0.25) is 0 Å². The van der Waals surface area contributed by atoms with Crippen LogP contribution in [0.5, 0.6) is 5.75 Å². The molecule has 3 aromatic rings. The number of carbonyl (C=O) groups excluding carboxylic acids is 1. The molecule has 1 unspecified atom stereocenters. The third-order valence-corrected chi connectivity index (χ3v) is 5.81. The number of rotatable bonds is 6. The molecule has 0 bridgehead atoms. The zero-order valence-electron chi connectivity index (χ0n) is 18.0. The van der Waals surface area contributed by atoms with Crippen LogP contribution in [0.2, 0.25) is 0 Å². The summed E-state index contributed by atoms with van der Waals surface area (Å²) in [6.07, 6.45) is 1.92. The standard InChI is InChI=1S/C27H22O6/c1-30-22-13-11-21(12-14-22)27(29)23(25(26(28)32-27)24-15-16-31-33-24)17-18-7-9-20(10-8-18)19-5-3-2-4-6-19/h2-15,29H,16-17H2,1H3. The maximum Gasteiger partial charge on any atom is 0.345 e. The van der Waals surface area contributed by atoms with Crippen LogP contribution in [0.3, 0.4) is 0 Å². The summed E-state index contributed by atoms with van der Waals surface area (Å²) in [5.41, 5.74) is 4.08. The fraction of sp³-hybridized carbons (Fsp3) is 0.148. The van der Waals surface area contributed by atoms with Crippen molar-refractivity contribution in [3.63, 3.8) is 0 Å². The number of esters is 1. The Morgan fingerprint density at radius 2 is 1.64 bits per heavy atom. The largest absolute Gasteiger partial charge is 0.497 e. The lowest BCUT2D eigenvalue weighted by atomic mass is 9.89. The first-order chi connectivity index (χ1) is 16.1. The molecule has 33 heavy (non-hydrogen) atoms. The van der Waals surface area contributed by atoms with Crippen LogP contribution >= 0.6 is 0 Å². The van der Waals surface area contributed by atoms with E-state index < -0.39 is 11.8 Å². The Hall–Kier alpha value is -3.87. The molecule has 5 rings (SSSR count). The Kier molecular flexibility index (Phi) is 5.46. The molecule has 2 aliphatic heterocycles. The van der Waals surface area contributed by atoms with Gasteiger partial charge >= 0.3 is 5.97 Å². The molecule has 1 N–H and O–H groups in total. The van der Waals surface area contributed by atoms with Crippen LogP contribution in [0, 0.1) is 0 Å². The van der Waals surface area contributed by atoms with E-state index in [4.69, 9.17) is 19.2 Å². The minimum atomic E-state index is -1.94. The van der Waals surface area contributed by atoms with E-state index in [9.17, 15) is 9.90 Å². The Morgan fingerprint density at radius 3 is 2.27 bits per heavy atom. The maximum absolute atomic E-state index is 12.9. The number of hydrogen-bond acceptors (Lipinski definition) is 6. The summed E-state index contributed by atoms with van der Waals surface area (Å²) in [7, 11) is 1.56. The molecular weight excluding hydrogens is 420 g/mol. The average Bonchev–Trinajstić information content (AvgIpc) is 3.47. The summed E-state index contributed by atoms with van der Waals surface area (Å²) in [4.78, 5) is 23.0. The van der Waals surface area contributed by atoms with Gasteiger partial charge < -0.3 is 19.5 Å². The van der Waals surface area contributed by atoms with Gasteiger partial charge in [-0.1, -0.05) is 54.6 Å². The molecule has 0 saturated heterocycles. The zero-order chi connectivity index (χ0) is 22.8. The molecule has 1 atom stereocenters. The van der Waals surface area contributed by atoms with Crippen molar-refractivity contribution in [2.24, 2.45) is 0 Å². The van der Waals surface area contributed by atoms with Crippen LogP contribution in [0.25, 0.3) is 11.1 Å². The fourth-order valence-corrected chi connectivity index (χ4v) is 4.08. The van der Waals surface area contributed by atoms with Gasteiger partial charge in [-0.05, 0) is 47.0 Å². The van der Waals surface area contributed by atoms with Gasteiger partial charge in [-0.3, -0.25) is 0 Å². The molecule has 166 valence electrons. The van der Waals surface area contributed by atoms with Crippen molar-refractivity contribution < 1.29 is 29.1 Å². The zero-order valence-corrected chi connectivity index (χ0v) is 18.0. The van der Waals surface area contributed by atoms with E-state index in [1.807, 2.05) is 54.6 Å². The highest BCUT2D eigenvalue weighted by Crippen LogP contribution is 2.44. The van der Waals surface area contributed by atoms with Gasteiger partial charge in [0.15, 0.2) is 5.76 Å². The lowest BCUT2D eigenvalue weighted by molar-refractivity contribution is -0.231. The summed E-state index contributed by atoms with van der Waals surface area (Å²) in [5, 5.41) is 11.6. The van der Waals surface area contributed by atoms with Gasteiger partial charge in [0.25, 0.3) is 5.79 Å². The predicted octanol–water partition coefficient (Wildman–Crippen LogP) is 4.45. The predicted molar refractivity (Wildman–Crippen MR) is 121 cm³/mol. The second-order valence-electron chi connectivity index (χ2n) is 7.79. The first kappa shape index (κ1) is 21.0. The summed E-state index contributed by atoms with van der Waals surface area (Å²) in [6.45, 7) is 0.214. The minimum absolute atomic E-state index is 0.179. The van der Waals surface area contributed by atoms with E-state index >= 15 is 0 Å². The van der Waals surface area contributed by atoms with Crippen LogP contribution in [0.1, 0.15) is 11.1 Å². The third kappa shape index (κ3) is 3.91. The van der Waals surface area contributed by atoms with Crippen LogP contribution < -0.4 is 4.74 Å². The van der Waals surface area contributed by atoms with Gasteiger partial charge in [-0.2, -0.15) is 4.89 Å². The van der Waals surface area contributed by atoms with Gasteiger partial charge in [0.05, 0.1) is 7.11 Å². The first-order valence-electron chi connectivity index (χ1n) is 10.6. The lowest BCUT2D eigenvalue weighted by Gasteiger charge is -2.26. The molecule has 3 aromatic carbocycles. The van der Waals surface area contributed by atoms with Crippen molar-refractivity contribution in [2.45, 2.75) is 12.2 Å². The van der Waals surface area contributed by atoms with Crippen molar-refractivity contribution in [2.75, 3.05) is 13.7 Å². The highest BCUT2D eigenvalue weighted by molar-refractivity contribution is 5.97. The molecule has 2 aliphatic rings. The Balaban J connectivity index is 1.54. The van der Waals surface area contributed by atoms with Crippen LogP contribution in [0.4, 0.5) is 0 Å². The molecular formula is C27H22O6. The minimum Gasteiger partial charge on any atom is -0.497 e. The van der Waals surface area contributed by atoms with Crippen molar-refractivity contribution in [1.82, 2.24) is 0 Å². The molecule has 0 aliphatic carbocycles. The molecule has 0 amide bonds. The SMILES string of the molecule is COc1ccc(C2(O)OC(=O)C(C3=CCOO3)=C2Cc2ccc(-c3ccccc3)cc2)cc1. The summed E-state index contributed by atoms with van der Waals surface area (Å²) in [5.74, 6) is -1.73. The number of cyclic esters (lactones) is 1. The number of carbonyl (C=O) groups is 1. The fourth-order valence-electron chi connectivity index (χ4n) is 4.08. The molecule has 0 fully saturated rings. The second-order valence-corrected chi connectivity index (χ2v) is 7.79. The molecule has 0 spiro atoms. The molecule has 0 saturated carbocycles. The Bertz CT molecular complexity index is 1230. The first-order valence-corrected chi connectivity index (χ1v) is 10.6. The van der Waals surface area contributed by atoms with E-state index in [-0.39, 0.29) is 24.4 Å². The van der Waals surface area contributed by atoms with E-state index in [0.717, 1.165) is 16.7 Å². The summed E-state index contributed by atoms with van der Waals surface area (Å²) in [6, 6.07) is 24.8. The highest BCUT2D eigenvalue weighted by atomic mass is 17.2. The quantitative estimate of drug-likeness (QED) is 0.449. The Morgan fingerprint density at radius 1 is 0.939 bits per heavy atom. The highest BCUT2D eigenvalue weighted by Gasteiger charge is 2.49. The summed E-state index contributed by atoms with van der Waals surface area (Å²) >= 11 is 0. The Labute approximate surface area is 191 Å². The molecule has 0 radical (unpaired) electrons. The third-order valence-electron chi connectivity index (χ3n) is 5.81. The van der Waals surface area contributed by atoms with Gasteiger partial charge in [0.1, 0.15) is 17.9 Å². The van der Waals surface area contributed by atoms with Gasteiger partial charge in [-0.25, -0.2) is 4.79 Å². The topological polar surface area (TPSA) is 74.2 Å². The maximum atomic E-state index is 12.9. The van der Waals surface area contributed by atoms with Crippen LogP contribution in [-0.2, 0) is 31.5 Å². The average molecular weight is 442 g/mol. The smallest absolute Gasteiger partial charge is 0.345 e. The number of ether oxygens (including phenoxy) is 2. The molecule has 2 heterocycles. The molecule has 6 nitrogen and oxygen atoms in total. The lowest BCUT2D eigenvalue weighted by Crippen LogP contribution is -2.29. The number of hydrogen-bond donors (Lipinski definition) is 1. The summed E-state index contributed by atoms with van der Waals surface area (Å²) < 4.78 is 10.7. The van der Waals surface area contributed by atoms with E-state index in [1.165, 1.54) is 0 Å². The van der Waals surface area contributed by atoms with E-state index in [2.05, 4.69) is 0 Å².